The van der Waals surface area contributed by atoms with E-state index in [1.54, 1.807) is 11.0 Å². The van der Waals surface area contributed by atoms with Gasteiger partial charge in [-0.05, 0) is 17.7 Å². The number of hydrogen-bond donors (Lipinski definition) is 0. The van der Waals surface area contributed by atoms with Crippen LogP contribution in [0.5, 0.6) is 11.5 Å². The summed E-state index contributed by atoms with van der Waals surface area (Å²) < 4.78 is 43.8. The van der Waals surface area contributed by atoms with Crippen molar-refractivity contribution in [3.8, 4) is 11.5 Å². The quantitative estimate of drug-likeness (QED) is 0.688. The smallest absolute Gasteiger partial charge is 0.248 e. The minimum Gasteiger partial charge on any atom is -0.486 e. The van der Waals surface area contributed by atoms with Crippen molar-refractivity contribution in [1.29, 1.82) is 0 Å². The normalized spacial score (nSPS) is 17.0. The van der Waals surface area contributed by atoms with Gasteiger partial charge >= 0.3 is 0 Å². The highest BCUT2D eigenvalue weighted by Gasteiger charge is 2.31. The number of ether oxygens (including phenoxy) is 3. The van der Waals surface area contributed by atoms with Crippen LogP contribution in [-0.2, 0) is 26.2 Å². The summed E-state index contributed by atoms with van der Waals surface area (Å²) in [7, 11) is -3.67. The molecule has 2 aromatic rings. The Morgan fingerprint density at radius 3 is 2.37 bits per heavy atom. The van der Waals surface area contributed by atoms with Gasteiger partial charge in [0, 0.05) is 32.2 Å². The van der Waals surface area contributed by atoms with Crippen LogP contribution in [0.1, 0.15) is 5.56 Å². The molecule has 0 atom stereocenters. The predicted molar refractivity (Wildman–Crippen MR) is 109 cm³/mol. The molecule has 0 aromatic heterocycles. The molecule has 0 N–H and O–H groups in total. The molecule has 1 saturated heterocycles. The number of hydrogen-bond acceptors (Lipinski definition) is 6. The van der Waals surface area contributed by atoms with Crippen LogP contribution in [0.2, 0.25) is 0 Å². The number of nitrogens with zero attached hydrogens (tertiary/aromatic N) is 2. The van der Waals surface area contributed by atoms with Crippen LogP contribution in [-0.4, -0.2) is 69.5 Å². The molecule has 9 heteroatoms. The van der Waals surface area contributed by atoms with Crippen molar-refractivity contribution in [1.82, 2.24) is 9.21 Å². The summed E-state index contributed by atoms with van der Waals surface area (Å²) in [5.74, 6) is 0.847. The van der Waals surface area contributed by atoms with E-state index in [0.29, 0.717) is 44.4 Å². The van der Waals surface area contributed by atoms with Crippen LogP contribution >= 0.6 is 0 Å². The van der Waals surface area contributed by atoms with E-state index in [9.17, 15) is 13.2 Å². The standard InChI is InChI=1S/C21H24N2O6S/c24-21(16-27-15-17-4-2-1-3-5-17)22-8-10-23(11-9-22)30(25,26)18-6-7-19-20(14-18)29-13-12-28-19/h1-7,14H,8-13,15-16H2. The van der Waals surface area contributed by atoms with Gasteiger partial charge in [-0.25, -0.2) is 8.42 Å². The summed E-state index contributed by atoms with van der Waals surface area (Å²) >= 11 is 0. The molecular weight excluding hydrogens is 408 g/mol. The summed E-state index contributed by atoms with van der Waals surface area (Å²) in [5, 5.41) is 0. The van der Waals surface area contributed by atoms with Gasteiger partial charge < -0.3 is 19.1 Å². The average molecular weight is 432 g/mol. The molecular formula is C21H24N2O6S. The molecule has 0 bridgehead atoms. The lowest BCUT2D eigenvalue weighted by molar-refractivity contribution is -0.137. The summed E-state index contributed by atoms with van der Waals surface area (Å²) in [4.78, 5) is 14.2. The maximum Gasteiger partial charge on any atom is 0.248 e. The number of benzene rings is 2. The predicted octanol–water partition coefficient (Wildman–Crippen LogP) is 1.51. The van der Waals surface area contributed by atoms with Gasteiger partial charge in [0.1, 0.15) is 19.8 Å². The van der Waals surface area contributed by atoms with Gasteiger partial charge in [0.05, 0.1) is 11.5 Å². The summed E-state index contributed by atoms with van der Waals surface area (Å²) in [6.07, 6.45) is 0. The maximum atomic E-state index is 13.0. The molecule has 1 amide bonds. The highest BCUT2D eigenvalue weighted by molar-refractivity contribution is 7.89. The molecule has 2 aliphatic heterocycles. The fraction of sp³-hybridized carbons (Fsp3) is 0.381. The van der Waals surface area contributed by atoms with Crippen molar-refractivity contribution in [2.24, 2.45) is 0 Å². The third-order valence-corrected chi connectivity index (χ3v) is 6.97. The summed E-state index contributed by atoms with van der Waals surface area (Å²) in [5.41, 5.74) is 1.00. The lowest BCUT2D eigenvalue weighted by atomic mass is 10.2. The second-order valence-corrected chi connectivity index (χ2v) is 9.01. The minimum atomic E-state index is -3.67. The highest BCUT2D eigenvalue weighted by Crippen LogP contribution is 2.33. The molecule has 0 spiro atoms. The van der Waals surface area contributed by atoms with Gasteiger partial charge in [0.2, 0.25) is 15.9 Å². The van der Waals surface area contributed by atoms with E-state index in [2.05, 4.69) is 0 Å². The maximum absolute atomic E-state index is 13.0. The minimum absolute atomic E-state index is 0.0240. The molecule has 0 radical (unpaired) electrons. The van der Waals surface area contributed by atoms with Crippen molar-refractivity contribution in [2.45, 2.75) is 11.5 Å². The molecule has 2 aliphatic rings. The summed E-state index contributed by atoms with van der Waals surface area (Å²) in [6, 6.07) is 14.3. The fourth-order valence-corrected chi connectivity index (χ4v) is 4.87. The van der Waals surface area contributed by atoms with E-state index in [0.717, 1.165) is 5.56 Å². The lowest BCUT2D eigenvalue weighted by Gasteiger charge is -2.34. The zero-order valence-corrected chi connectivity index (χ0v) is 17.3. The van der Waals surface area contributed by atoms with Gasteiger partial charge in [0.15, 0.2) is 11.5 Å². The number of piperazine rings is 1. The van der Waals surface area contributed by atoms with Crippen LogP contribution in [0.4, 0.5) is 0 Å². The highest BCUT2D eigenvalue weighted by atomic mass is 32.2. The van der Waals surface area contributed by atoms with Gasteiger partial charge in [-0.15, -0.1) is 0 Å². The lowest BCUT2D eigenvalue weighted by Crippen LogP contribution is -2.51. The Hall–Kier alpha value is -2.62. The second kappa shape index (κ2) is 9.03. The van der Waals surface area contributed by atoms with Crippen molar-refractivity contribution in [3.05, 3.63) is 54.1 Å². The Morgan fingerprint density at radius 1 is 0.933 bits per heavy atom. The molecule has 1 fully saturated rings. The van der Waals surface area contributed by atoms with Crippen LogP contribution in [0.15, 0.2) is 53.4 Å². The third kappa shape index (κ3) is 4.58. The van der Waals surface area contributed by atoms with Crippen molar-refractivity contribution < 1.29 is 27.4 Å². The zero-order chi connectivity index (χ0) is 21.0. The Bertz CT molecular complexity index is 988. The van der Waals surface area contributed by atoms with Crippen LogP contribution in [0.3, 0.4) is 0 Å². The van der Waals surface area contributed by atoms with Gasteiger partial charge in [-0.1, -0.05) is 30.3 Å². The van der Waals surface area contributed by atoms with E-state index in [4.69, 9.17) is 14.2 Å². The molecule has 2 aromatic carbocycles. The van der Waals surface area contributed by atoms with Gasteiger partial charge in [-0.3, -0.25) is 4.79 Å². The zero-order valence-electron chi connectivity index (χ0n) is 16.5. The first-order chi connectivity index (χ1) is 14.5. The van der Waals surface area contributed by atoms with Crippen LogP contribution in [0.25, 0.3) is 0 Å². The van der Waals surface area contributed by atoms with Crippen LogP contribution in [0, 0.1) is 0 Å². The largest absolute Gasteiger partial charge is 0.486 e. The first-order valence-electron chi connectivity index (χ1n) is 9.83. The van der Waals surface area contributed by atoms with Gasteiger partial charge in [-0.2, -0.15) is 4.31 Å². The fourth-order valence-electron chi connectivity index (χ4n) is 3.43. The second-order valence-electron chi connectivity index (χ2n) is 7.07. The topological polar surface area (TPSA) is 85.4 Å². The number of carbonyl (C=O) groups is 1. The molecule has 0 aliphatic carbocycles. The molecule has 0 unspecified atom stereocenters. The Morgan fingerprint density at radius 2 is 1.63 bits per heavy atom. The number of rotatable bonds is 6. The summed E-state index contributed by atoms with van der Waals surface area (Å²) in [6.45, 7) is 2.32. The molecule has 8 nitrogen and oxygen atoms in total. The van der Waals surface area contributed by atoms with E-state index in [1.807, 2.05) is 30.3 Å². The van der Waals surface area contributed by atoms with Crippen molar-refractivity contribution >= 4 is 15.9 Å². The van der Waals surface area contributed by atoms with E-state index in [-0.39, 0.29) is 30.5 Å². The number of amides is 1. The SMILES string of the molecule is O=C(COCc1ccccc1)N1CCN(S(=O)(=O)c2ccc3c(c2)OCCO3)CC1. The Balaban J connectivity index is 1.30. The van der Waals surface area contributed by atoms with Gasteiger partial charge in [0.25, 0.3) is 0 Å². The first kappa shape index (κ1) is 20.6. The monoisotopic (exact) mass is 432 g/mol. The van der Waals surface area contributed by atoms with E-state index >= 15 is 0 Å². The van der Waals surface area contributed by atoms with Crippen molar-refractivity contribution in [2.75, 3.05) is 46.0 Å². The molecule has 160 valence electrons. The number of fused-ring (bicyclic) bond motifs is 1. The number of sulfonamides is 1. The Kier molecular flexibility index (Phi) is 6.21. The van der Waals surface area contributed by atoms with Crippen LogP contribution < -0.4 is 9.47 Å². The first-order valence-corrected chi connectivity index (χ1v) is 11.3. The molecule has 4 rings (SSSR count). The van der Waals surface area contributed by atoms with Crippen molar-refractivity contribution in [3.63, 3.8) is 0 Å². The molecule has 30 heavy (non-hydrogen) atoms. The average Bonchev–Trinajstić information content (AvgIpc) is 2.79. The Labute approximate surface area is 176 Å². The third-order valence-electron chi connectivity index (χ3n) is 5.08. The molecule has 2 heterocycles. The number of carbonyl (C=O) groups excluding carboxylic acids is 1. The molecule has 0 saturated carbocycles. The van der Waals surface area contributed by atoms with E-state index in [1.165, 1.54) is 16.4 Å². The van der Waals surface area contributed by atoms with E-state index < -0.39 is 10.0 Å².